The summed E-state index contributed by atoms with van der Waals surface area (Å²) in [5.41, 5.74) is 0.628. The molecule has 0 N–H and O–H groups in total. The highest BCUT2D eigenvalue weighted by Gasteiger charge is 2.81. The second-order valence-electron chi connectivity index (χ2n) is 7.14. The number of halogens is 9. The smallest absolute Gasteiger partial charge is 0.195 e. The Labute approximate surface area is 183 Å². The molecule has 0 saturated heterocycles. The summed E-state index contributed by atoms with van der Waals surface area (Å²) >= 11 is 0. The molecule has 0 aliphatic carbocycles. The minimum Gasteiger partial charge on any atom is -0.195 e. The zero-order chi connectivity index (χ0) is 24.5. The molecule has 0 bridgehead atoms. The van der Waals surface area contributed by atoms with E-state index < -0.39 is 35.6 Å². The van der Waals surface area contributed by atoms with Crippen LogP contribution in [0, 0.1) is 0 Å². The van der Waals surface area contributed by atoms with Crippen LogP contribution in [0.15, 0.2) is 91.0 Å². The lowest BCUT2D eigenvalue weighted by molar-refractivity contribution is -0.388. The van der Waals surface area contributed by atoms with Crippen LogP contribution in [0.25, 0.3) is 16.7 Å². The van der Waals surface area contributed by atoms with Crippen molar-refractivity contribution < 1.29 is 39.5 Å². The Hall–Kier alpha value is -3.23. The van der Waals surface area contributed by atoms with Crippen molar-refractivity contribution in [3.63, 3.8) is 0 Å². The molecule has 0 amide bonds. The van der Waals surface area contributed by atoms with Crippen molar-refractivity contribution in [3.8, 4) is 11.1 Å². The van der Waals surface area contributed by atoms with Crippen LogP contribution in [0.1, 0.15) is 11.1 Å². The van der Waals surface area contributed by atoms with Gasteiger partial charge in [-0.15, -0.1) is 0 Å². The van der Waals surface area contributed by atoms with Crippen LogP contribution in [0.3, 0.4) is 0 Å². The van der Waals surface area contributed by atoms with Gasteiger partial charge in [0, 0.05) is 0 Å². The maximum absolute atomic E-state index is 14.4. The Morgan fingerprint density at radius 2 is 0.909 bits per heavy atom. The van der Waals surface area contributed by atoms with Gasteiger partial charge in [-0.05, 0) is 33.9 Å². The third kappa shape index (κ3) is 4.62. The molecule has 0 heterocycles. The van der Waals surface area contributed by atoms with Gasteiger partial charge in [0.1, 0.15) is 0 Å². The van der Waals surface area contributed by atoms with Gasteiger partial charge in [0.25, 0.3) is 0 Å². The quantitative estimate of drug-likeness (QED) is 0.316. The molecule has 0 radical (unpaired) electrons. The Morgan fingerprint density at radius 3 is 1.39 bits per heavy atom. The van der Waals surface area contributed by atoms with E-state index in [1.165, 1.54) is 54.6 Å². The Balaban J connectivity index is 2.12. The standard InChI is InChI=1S/C24H15F9/c25-21(26,22(27,28)23(29,30)24(31,32)33)15-20(18-9-5-2-6-10-18)19-13-11-17(12-14-19)16-7-3-1-4-8-16/h1-15H/b20-15+. The maximum atomic E-state index is 14.4. The number of allylic oxidation sites excluding steroid dienone is 1. The average molecular weight is 474 g/mol. The van der Waals surface area contributed by atoms with Crippen LogP contribution < -0.4 is 0 Å². The summed E-state index contributed by atoms with van der Waals surface area (Å²) in [6.07, 6.45) is -7.42. The van der Waals surface area contributed by atoms with Crippen LogP contribution in [-0.2, 0) is 0 Å². The van der Waals surface area contributed by atoms with Gasteiger partial charge in [0.2, 0.25) is 0 Å². The number of hydrogen-bond acceptors (Lipinski definition) is 0. The number of hydrogen-bond donors (Lipinski definition) is 0. The summed E-state index contributed by atoms with van der Waals surface area (Å²) in [6.45, 7) is 0. The molecule has 0 aromatic heterocycles. The first-order valence-corrected chi connectivity index (χ1v) is 9.42. The first-order chi connectivity index (χ1) is 15.3. The Bertz CT molecular complexity index is 1100. The summed E-state index contributed by atoms with van der Waals surface area (Å²) in [5, 5.41) is 0. The molecule has 3 aromatic rings. The van der Waals surface area contributed by atoms with Gasteiger partial charge in [-0.1, -0.05) is 84.9 Å². The Kier molecular flexibility index (Phi) is 6.37. The van der Waals surface area contributed by atoms with Crippen LogP contribution >= 0.6 is 0 Å². The molecule has 0 saturated carbocycles. The molecule has 0 aliphatic rings. The highest BCUT2D eigenvalue weighted by molar-refractivity contribution is 5.81. The van der Waals surface area contributed by atoms with E-state index in [1.807, 2.05) is 0 Å². The summed E-state index contributed by atoms with van der Waals surface area (Å²) < 4.78 is 121. The number of rotatable bonds is 6. The van der Waals surface area contributed by atoms with Crippen LogP contribution in [-0.4, -0.2) is 23.9 Å². The zero-order valence-corrected chi connectivity index (χ0v) is 16.6. The lowest BCUT2D eigenvalue weighted by atomic mass is 9.92. The fourth-order valence-corrected chi connectivity index (χ4v) is 3.08. The van der Waals surface area contributed by atoms with Crippen molar-refractivity contribution in [3.05, 3.63) is 102 Å². The fraction of sp³-hybridized carbons (Fsp3) is 0.167. The Morgan fingerprint density at radius 1 is 0.485 bits per heavy atom. The van der Waals surface area contributed by atoms with Gasteiger partial charge in [-0.2, -0.15) is 39.5 Å². The van der Waals surface area contributed by atoms with Gasteiger partial charge >= 0.3 is 23.9 Å². The number of alkyl halides is 9. The normalized spacial score (nSPS) is 13.8. The molecule has 174 valence electrons. The van der Waals surface area contributed by atoms with Crippen LogP contribution in [0.2, 0.25) is 0 Å². The minimum atomic E-state index is -6.96. The highest BCUT2D eigenvalue weighted by atomic mass is 19.4. The molecule has 0 unspecified atom stereocenters. The van der Waals surface area contributed by atoms with Crippen LogP contribution in [0.5, 0.6) is 0 Å². The van der Waals surface area contributed by atoms with Gasteiger partial charge in [0.15, 0.2) is 0 Å². The molecule has 33 heavy (non-hydrogen) atoms. The van der Waals surface area contributed by atoms with E-state index in [2.05, 4.69) is 0 Å². The predicted octanol–water partition coefficient (Wildman–Crippen LogP) is 8.25. The van der Waals surface area contributed by atoms with Gasteiger partial charge in [-0.25, -0.2) is 0 Å². The zero-order valence-electron chi connectivity index (χ0n) is 16.6. The van der Waals surface area contributed by atoms with E-state index in [-0.39, 0.29) is 11.1 Å². The van der Waals surface area contributed by atoms with Crippen molar-refractivity contribution in [2.24, 2.45) is 0 Å². The van der Waals surface area contributed by atoms with Crippen molar-refractivity contribution in [2.45, 2.75) is 23.9 Å². The first-order valence-electron chi connectivity index (χ1n) is 9.42. The fourth-order valence-electron chi connectivity index (χ4n) is 3.08. The topological polar surface area (TPSA) is 0 Å². The van der Waals surface area contributed by atoms with Gasteiger partial charge in [0.05, 0.1) is 0 Å². The van der Waals surface area contributed by atoms with E-state index in [0.29, 0.717) is 5.56 Å². The largest absolute Gasteiger partial charge is 0.460 e. The average Bonchev–Trinajstić information content (AvgIpc) is 2.78. The molecule has 0 spiro atoms. The van der Waals surface area contributed by atoms with E-state index >= 15 is 0 Å². The summed E-state index contributed by atoms with van der Waals surface area (Å²) in [4.78, 5) is 0. The second-order valence-corrected chi connectivity index (χ2v) is 7.14. The minimum absolute atomic E-state index is 0.0734. The summed E-state index contributed by atoms with van der Waals surface area (Å²) in [6, 6.07) is 21.1. The van der Waals surface area contributed by atoms with Crippen molar-refractivity contribution in [2.75, 3.05) is 0 Å². The maximum Gasteiger partial charge on any atom is 0.460 e. The molecule has 3 aromatic carbocycles. The van der Waals surface area contributed by atoms with E-state index in [9.17, 15) is 39.5 Å². The second kappa shape index (κ2) is 8.61. The highest BCUT2D eigenvalue weighted by Crippen LogP contribution is 2.54. The first kappa shape index (κ1) is 24.4. The van der Waals surface area contributed by atoms with E-state index in [4.69, 9.17) is 0 Å². The molecular formula is C24H15F9. The monoisotopic (exact) mass is 474 g/mol. The van der Waals surface area contributed by atoms with Crippen molar-refractivity contribution >= 4 is 5.57 Å². The van der Waals surface area contributed by atoms with Gasteiger partial charge < -0.3 is 0 Å². The predicted molar refractivity (Wildman–Crippen MR) is 106 cm³/mol. The van der Waals surface area contributed by atoms with Crippen molar-refractivity contribution in [1.29, 1.82) is 0 Å². The lowest BCUT2D eigenvalue weighted by Gasteiger charge is -2.32. The lowest BCUT2D eigenvalue weighted by Crippen LogP contribution is -2.60. The van der Waals surface area contributed by atoms with Crippen molar-refractivity contribution in [1.82, 2.24) is 0 Å². The number of benzene rings is 3. The third-order valence-corrected chi connectivity index (χ3v) is 4.88. The SMILES string of the molecule is FC(F)(F)C(F)(F)C(F)(F)C(F)(F)/C=C(\c1ccccc1)c1ccc(-c2ccccc2)cc1. The molecule has 0 fully saturated rings. The van der Waals surface area contributed by atoms with E-state index in [0.717, 1.165) is 5.56 Å². The van der Waals surface area contributed by atoms with Gasteiger partial charge in [-0.3, -0.25) is 0 Å². The summed E-state index contributed by atoms with van der Waals surface area (Å²) in [5.74, 6) is -19.5. The third-order valence-electron chi connectivity index (χ3n) is 4.88. The van der Waals surface area contributed by atoms with Crippen LogP contribution in [0.4, 0.5) is 39.5 Å². The summed E-state index contributed by atoms with van der Waals surface area (Å²) in [7, 11) is 0. The molecule has 0 aliphatic heterocycles. The molecule has 0 nitrogen and oxygen atoms in total. The molecular weight excluding hydrogens is 459 g/mol. The molecule has 0 atom stereocenters. The molecule has 3 rings (SSSR count). The molecule has 9 heteroatoms. The van der Waals surface area contributed by atoms with E-state index in [1.54, 1.807) is 30.3 Å².